The molecule has 6 nitrogen and oxygen atoms in total. The highest BCUT2D eigenvalue weighted by molar-refractivity contribution is 5.41. The first-order valence-electron chi connectivity index (χ1n) is 10.3. The molecule has 2 atom stereocenters. The minimum absolute atomic E-state index is 0.192. The Balaban J connectivity index is 1.95. The maximum absolute atomic E-state index is 9.81. The van der Waals surface area contributed by atoms with Gasteiger partial charge in [-0.1, -0.05) is 38.1 Å². The zero-order valence-corrected chi connectivity index (χ0v) is 18.3. The highest BCUT2D eigenvalue weighted by Crippen LogP contribution is 2.33. The van der Waals surface area contributed by atoms with E-state index in [9.17, 15) is 10.2 Å². The Hall–Kier alpha value is -2.12. The van der Waals surface area contributed by atoms with Crippen LogP contribution in [0.2, 0.25) is 0 Å². The van der Waals surface area contributed by atoms with E-state index in [-0.39, 0.29) is 31.8 Å². The highest BCUT2D eigenvalue weighted by atomic mass is 16.5. The van der Waals surface area contributed by atoms with Gasteiger partial charge in [0.25, 0.3) is 0 Å². The van der Waals surface area contributed by atoms with E-state index in [1.165, 1.54) is 0 Å². The summed E-state index contributed by atoms with van der Waals surface area (Å²) in [4.78, 5) is 0. The molecule has 166 valence electrons. The van der Waals surface area contributed by atoms with Gasteiger partial charge in [0.15, 0.2) is 0 Å². The van der Waals surface area contributed by atoms with Gasteiger partial charge in [0, 0.05) is 19.1 Å². The number of hydrogen-bond acceptors (Lipinski definition) is 6. The molecule has 2 rings (SSSR count). The van der Waals surface area contributed by atoms with Crippen LogP contribution >= 0.6 is 0 Å². The maximum atomic E-state index is 9.81. The van der Waals surface area contributed by atoms with E-state index in [0.717, 1.165) is 11.1 Å². The summed E-state index contributed by atoms with van der Waals surface area (Å²) in [5.41, 5.74) is 2.09. The molecule has 2 N–H and O–H groups in total. The largest absolute Gasteiger partial charge is 0.491 e. The summed E-state index contributed by atoms with van der Waals surface area (Å²) < 4.78 is 21.3. The number of rotatable bonds is 13. The molecule has 0 spiro atoms. The lowest BCUT2D eigenvalue weighted by molar-refractivity contribution is 0.0164. The predicted octanol–water partition coefficient (Wildman–Crippen LogP) is 3.17. The third-order valence-corrected chi connectivity index (χ3v) is 4.91. The molecule has 0 bridgehead atoms. The Morgan fingerprint density at radius 3 is 1.57 bits per heavy atom. The molecule has 2 aromatic carbocycles. The van der Waals surface area contributed by atoms with E-state index >= 15 is 0 Å². The predicted molar refractivity (Wildman–Crippen MR) is 116 cm³/mol. The zero-order valence-electron chi connectivity index (χ0n) is 18.3. The van der Waals surface area contributed by atoms with Crippen LogP contribution in [0.1, 0.15) is 31.9 Å². The normalized spacial score (nSPS) is 13.7. The van der Waals surface area contributed by atoms with Crippen molar-refractivity contribution in [3.63, 3.8) is 0 Å². The molecule has 0 amide bonds. The molecule has 0 fully saturated rings. The second kappa shape index (κ2) is 11.9. The molecule has 0 aliphatic carbocycles. The zero-order chi connectivity index (χ0) is 22.0. The van der Waals surface area contributed by atoms with Crippen molar-refractivity contribution in [1.82, 2.24) is 0 Å². The lowest BCUT2D eigenvalue weighted by Gasteiger charge is -2.26. The van der Waals surface area contributed by atoms with Crippen molar-refractivity contribution in [1.29, 1.82) is 0 Å². The number of hydrogen-bond donors (Lipinski definition) is 2. The highest BCUT2D eigenvalue weighted by Gasteiger charge is 2.23. The molecule has 0 saturated heterocycles. The van der Waals surface area contributed by atoms with Crippen LogP contribution in [0, 0.1) is 0 Å². The number of aliphatic hydroxyl groups excluding tert-OH is 2. The van der Waals surface area contributed by atoms with Crippen LogP contribution in [0.4, 0.5) is 0 Å². The fraction of sp³-hybridized carbons (Fsp3) is 0.500. The van der Waals surface area contributed by atoms with Crippen molar-refractivity contribution in [2.24, 2.45) is 0 Å². The fourth-order valence-corrected chi connectivity index (χ4v) is 3.03. The topological polar surface area (TPSA) is 77.4 Å². The van der Waals surface area contributed by atoms with E-state index < -0.39 is 12.2 Å². The molecule has 0 heterocycles. The molecular weight excluding hydrogens is 384 g/mol. The second-order valence-corrected chi connectivity index (χ2v) is 7.72. The van der Waals surface area contributed by atoms with Gasteiger partial charge < -0.3 is 29.2 Å². The fourth-order valence-electron chi connectivity index (χ4n) is 3.03. The lowest BCUT2D eigenvalue weighted by atomic mass is 9.78. The monoisotopic (exact) mass is 418 g/mol. The minimum Gasteiger partial charge on any atom is -0.491 e. The van der Waals surface area contributed by atoms with Crippen molar-refractivity contribution in [3.05, 3.63) is 59.7 Å². The van der Waals surface area contributed by atoms with Crippen LogP contribution in [-0.4, -0.2) is 62.6 Å². The Morgan fingerprint density at radius 2 is 1.17 bits per heavy atom. The van der Waals surface area contributed by atoms with Crippen molar-refractivity contribution >= 4 is 0 Å². The van der Waals surface area contributed by atoms with Gasteiger partial charge in [-0.3, -0.25) is 0 Å². The summed E-state index contributed by atoms with van der Waals surface area (Å²) >= 11 is 0. The molecule has 2 aromatic rings. The summed E-state index contributed by atoms with van der Waals surface area (Å²) in [5, 5.41) is 19.5. The van der Waals surface area contributed by atoms with Gasteiger partial charge in [0.05, 0.1) is 13.2 Å². The molecule has 2 unspecified atom stereocenters. The van der Waals surface area contributed by atoms with E-state index in [0.29, 0.717) is 18.1 Å². The summed E-state index contributed by atoms with van der Waals surface area (Å²) in [6, 6.07) is 15.8. The third-order valence-electron chi connectivity index (χ3n) is 4.91. The summed E-state index contributed by atoms with van der Waals surface area (Å²) in [6.45, 7) is 7.69. The van der Waals surface area contributed by atoms with E-state index in [2.05, 4.69) is 13.8 Å². The Labute approximate surface area is 179 Å². The van der Waals surface area contributed by atoms with Crippen LogP contribution in [0.3, 0.4) is 0 Å². The van der Waals surface area contributed by atoms with Crippen molar-refractivity contribution < 1.29 is 29.2 Å². The summed E-state index contributed by atoms with van der Waals surface area (Å²) in [5.74, 6) is 1.42. The van der Waals surface area contributed by atoms with Crippen LogP contribution in [0.5, 0.6) is 11.5 Å². The molecule has 6 heteroatoms. The van der Waals surface area contributed by atoms with E-state index in [1.807, 2.05) is 55.5 Å². The van der Waals surface area contributed by atoms with Crippen LogP contribution < -0.4 is 9.47 Å². The van der Waals surface area contributed by atoms with Gasteiger partial charge >= 0.3 is 0 Å². The Morgan fingerprint density at radius 1 is 0.733 bits per heavy atom. The molecule has 0 aromatic heterocycles. The molecule has 0 saturated carbocycles. The number of ether oxygens (including phenoxy) is 4. The quantitative estimate of drug-likeness (QED) is 0.520. The number of benzene rings is 2. The van der Waals surface area contributed by atoms with E-state index in [1.54, 1.807) is 7.11 Å². The first kappa shape index (κ1) is 24.2. The van der Waals surface area contributed by atoms with Crippen molar-refractivity contribution in [2.45, 2.75) is 38.4 Å². The average Bonchev–Trinajstić information content (AvgIpc) is 2.75. The smallest absolute Gasteiger partial charge is 0.119 e. The Bertz CT molecular complexity index is 726. The average molecular weight is 419 g/mol. The summed E-state index contributed by atoms with van der Waals surface area (Å²) in [6.07, 6.45) is -1.29. The SMILES string of the molecule is CCOCC(O)COc1ccc(C(C)(C)c2ccc(OCC(O)COC)cc2)cc1. The van der Waals surface area contributed by atoms with Gasteiger partial charge in [0.1, 0.15) is 36.9 Å². The van der Waals surface area contributed by atoms with Gasteiger partial charge in [-0.15, -0.1) is 0 Å². The Kier molecular flexibility index (Phi) is 9.59. The van der Waals surface area contributed by atoms with Gasteiger partial charge in [-0.05, 0) is 42.3 Å². The van der Waals surface area contributed by atoms with Crippen LogP contribution in [-0.2, 0) is 14.9 Å². The first-order chi connectivity index (χ1) is 14.4. The van der Waals surface area contributed by atoms with Crippen molar-refractivity contribution in [3.8, 4) is 11.5 Å². The number of methoxy groups -OCH3 is 1. The number of aliphatic hydroxyl groups is 2. The van der Waals surface area contributed by atoms with Crippen LogP contribution in [0.25, 0.3) is 0 Å². The molecule has 0 radical (unpaired) electrons. The van der Waals surface area contributed by atoms with Gasteiger partial charge in [0.2, 0.25) is 0 Å². The standard InChI is InChI=1S/C24H34O6/c1-5-28-15-21(26)17-30-23-12-8-19(9-13-23)24(2,3)18-6-10-22(11-7-18)29-16-20(25)14-27-4/h6-13,20-21,25-26H,5,14-17H2,1-4H3. The lowest BCUT2D eigenvalue weighted by Crippen LogP contribution is -2.23. The van der Waals surface area contributed by atoms with Gasteiger partial charge in [-0.2, -0.15) is 0 Å². The summed E-state index contributed by atoms with van der Waals surface area (Å²) in [7, 11) is 1.55. The molecular formula is C24H34O6. The van der Waals surface area contributed by atoms with Crippen molar-refractivity contribution in [2.75, 3.05) is 40.1 Å². The van der Waals surface area contributed by atoms with Gasteiger partial charge in [-0.25, -0.2) is 0 Å². The maximum Gasteiger partial charge on any atom is 0.119 e. The molecule has 0 aliphatic heterocycles. The van der Waals surface area contributed by atoms with Crippen LogP contribution in [0.15, 0.2) is 48.5 Å². The third kappa shape index (κ3) is 7.29. The second-order valence-electron chi connectivity index (χ2n) is 7.72. The first-order valence-corrected chi connectivity index (χ1v) is 10.3. The minimum atomic E-state index is -0.646. The molecule has 0 aliphatic rings. The molecule has 30 heavy (non-hydrogen) atoms. The van der Waals surface area contributed by atoms with E-state index in [4.69, 9.17) is 18.9 Å².